The van der Waals surface area contributed by atoms with E-state index in [2.05, 4.69) is 0 Å². The Hall–Kier alpha value is -0.127. The van der Waals surface area contributed by atoms with Gasteiger partial charge in [0.15, 0.2) is 0 Å². The van der Waals surface area contributed by atoms with Crippen LogP contribution in [0.3, 0.4) is 0 Å². The van der Waals surface area contributed by atoms with Gasteiger partial charge in [-0.05, 0) is 0 Å². The summed E-state index contributed by atoms with van der Waals surface area (Å²) in [5.74, 6) is -3.65. The molecule has 0 aliphatic rings. The topological polar surface area (TPSA) is 138 Å². The molecule has 0 aromatic rings. The first kappa shape index (κ1) is 32.7. The Morgan fingerprint density at radius 2 is 1.00 bits per heavy atom. The molecule has 0 aromatic carbocycles. The molecule has 0 heterocycles. The number of aliphatic carboxylic acids is 2. The minimum Gasteiger partial charge on any atom is -0.473 e. The standard InChI is InChI=1S/C2H2O4.Mn.Ni.2H2O/c3-1(4)2(5)6;;;;/h(H,3,4)(H,5,6);;;2*1H2. The SMILES string of the molecule is O.O.O=C(O)C(=O)O.[Mn].[Ni]. The molecule has 0 atom stereocenters. The molecule has 6 nitrogen and oxygen atoms in total. The maximum absolute atomic E-state index is 9.10. The Bertz CT molecular complexity index is 81.7. The van der Waals surface area contributed by atoms with Gasteiger partial charge in [-0.2, -0.15) is 0 Å². The fraction of sp³-hybridized carbons (Fsp3) is 0. The van der Waals surface area contributed by atoms with Crippen molar-refractivity contribution in [2.45, 2.75) is 0 Å². The first-order chi connectivity index (χ1) is 2.64. The van der Waals surface area contributed by atoms with Gasteiger partial charge < -0.3 is 21.2 Å². The predicted molar refractivity (Wildman–Crippen MR) is 22.5 cm³/mol. The molecule has 0 bridgehead atoms. The maximum Gasteiger partial charge on any atom is 0.414 e. The summed E-state index contributed by atoms with van der Waals surface area (Å²) >= 11 is 0. The van der Waals surface area contributed by atoms with Gasteiger partial charge >= 0.3 is 11.9 Å². The van der Waals surface area contributed by atoms with Gasteiger partial charge in [0.2, 0.25) is 0 Å². The van der Waals surface area contributed by atoms with Crippen molar-refractivity contribution in [3.8, 4) is 0 Å². The van der Waals surface area contributed by atoms with Crippen LogP contribution in [0.4, 0.5) is 0 Å². The first-order valence-corrected chi connectivity index (χ1v) is 1.11. The molecular formula is C2H6MnNiO6. The molecule has 0 aliphatic carbocycles. The molecule has 0 saturated heterocycles. The second-order valence-electron chi connectivity index (χ2n) is 0.610. The molecule has 67 valence electrons. The van der Waals surface area contributed by atoms with Crippen LogP contribution in [0.1, 0.15) is 0 Å². The van der Waals surface area contributed by atoms with E-state index in [0.717, 1.165) is 0 Å². The summed E-state index contributed by atoms with van der Waals surface area (Å²) in [6, 6.07) is 0. The van der Waals surface area contributed by atoms with E-state index >= 15 is 0 Å². The molecule has 6 N–H and O–H groups in total. The normalized spacial score (nSPS) is 4.40. The zero-order chi connectivity index (χ0) is 5.15. The fourth-order valence-corrected chi connectivity index (χ4v) is 0. The van der Waals surface area contributed by atoms with Crippen LogP contribution in [0.2, 0.25) is 0 Å². The van der Waals surface area contributed by atoms with Crippen LogP contribution in [0.25, 0.3) is 0 Å². The zero-order valence-corrected chi connectivity index (χ0v) is 6.57. The quantitative estimate of drug-likeness (QED) is 0.356. The number of carboxylic acid groups (broad SMARTS) is 2. The third-order valence-corrected chi connectivity index (χ3v) is 0.183. The van der Waals surface area contributed by atoms with E-state index in [1.54, 1.807) is 0 Å². The van der Waals surface area contributed by atoms with Crippen molar-refractivity contribution in [2.24, 2.45) is 0 Å². The minimum absolute atomic E-state index is 0. The summed E-state index contributed by atoms with van der Waals surface area (Å²) < 4.78 is 0. The van der Waals surface area contributed by atoms with Gasteiger partial charge in [0.05, 0.1) is 0 Å². The number of rotatable bonds is 0. The van der Waals surface area contributed by atoms with Crippen molar-refractivity contribution in [1.82, 2.24) is 0 Å². The molecule has 0 saturated carbocycles. The van der Waals surface area contributed by atoms with E-state index in [4.69, 9.17) is 19.8 Å². The van der Waals surface area contributed by atoms with Crippen LogP contribution in [0.5, 0.6) is 0 Å². The summed E-state index contributed by atoms with van der Waals surface area (Å²) in [4.78, 5) is 18.2. The first-order valence-electron chi connectivity index (χ1n) is 1.11. The fourth-order valence-electron chi connectivity index (χ4n) is 0. The molecule has 8 heteroatoms. The summed E-state index contributed by atoms with van der Waals surface area (Å²) in [6.45, 7) is 0. The van der Waals surface area contributed by atoms with Crippen LogP contribution < -0.4 is 0 Å². The molecule has 10 heavy (non-hydrogen) atoms. The molecule has 0 aromatic heterocycles. The smallest absolute Gasteiger partial charge is 0.414 e. The monoisotopic (exact) mass is 239 g/mol. The Morgan fingerprint density at radius 1 is 0.900 bits per heavy atom. The number of hydrogen-bond acceptors (Lipinski definition) is 2. The van der Waals surface area contributed by atoms with Gasteiger partial charge in [0.1, 0.15) is 0 Å². The van der Waals surface area contributed by atoms with Crippen molar-refractivity contribution in [3.63, 3.8) is 0 Å². The van der Waals surface area contributed by atoms with Crippen molar-refractivity contribution in [3.05, 3.63) is 0 Å². The Labute approximate surface area is 76.6 Å². The van der Waals surface area contributed by atoms with E-state index in [1.807, 2.05) is 0 Å². The summed E-state index contributed by atoms with van der Waals surface area (Å²) in [6.07, 6.45) is 0. The van der Waals surface area contributed by atoms with Gasteiger partial charge in [-0.15, -0.1) is 0 Å². The average Bonchev–Trinajstić information content (AvgIpc) is 1.36. The van der Waals surface area contributed by atoms with Crippen molar-refractivity contribution < 1.29 is 64.3 Å². The zero-order valence-electron chi connectivity index (χ0n) is 4.41. The number of carbonyl (C=O) groups is 2. The molecule has 0 aliphatic heterocycles. The van der Waals surface area contributed by atoms with Gasteiger partial charge in [0.25, 0.3) is 0 Å². The van der Waals surface area contributed by atoms with Crippen LogP contribution in [0.15, 0.2) is 0 Å². The summed E-state index contributed by atoms with van der Waals surface area (Å²) in [5.41, 5.74) is 0. The van der Waals surface area contributed by atoms with E-state index in [9.17, 15) is 0 Å². The Morgan fingerprint density at radius 3 is 1.00 bits per heavy atom. The summed E-state index contributed by atoms with van der Waals surface area (Å²) in [7, 11) is 0. The Balaban J connectivity index is -0.0000000208. The number of hydrogen-bond donors (Lipinski definition) is 2. The second-order valence-corrected chi connectivity index (χ2v) is 0.610. The largest absolute Gasteiger partial charge is 0.473 e. The Kier molecular flexibility index (Phi) is 52.2. The van der Waals surface area contributed by atoms with Gasteiger partial charge in [-0.25, -0.2) is 9.59 Å². The molecule has 0 unspecified atom stereocenters. The third-order valence-electron chi connectivity index (χ3n) is 0.183. The van der Waals surface area contributed by atoms with Crippen molar-refractivity contribution in [1.29, 1.82) is 0 Å². The van der Waals surface area contributed by atoms with E-state index in [0.29, 0.717) is 0 Å². The van der Waals surface area contributed by atoms with Gasteiger partial charge in [-0.1, -0.05) is 0 Å². The van der Waals surface area contributed by atoms with Crippen LogP contribution >= 0.6 is 0 Å². The van der Waals surface area contributed by atoms with Crippen molar-refractivity contribution in [2.75, 3.05) is 0 Å². The molecule has 0 spiro atoms. The second kappa shape index (κ2) is 15.9. The van der Waals surface area contributed by atoms with Crippen LogP contribution in [-0.2, 0) is 43.1 Å². The number of carboxylic acids is 2. The molecule has 0 amide bonds. The molecule has 0 fully saturated rings. The third kappa shape index (κ3) is 24.8. The van der Waals surface area contributed by atoms with Crippen LogP contribution in [-0.4, -0.2) is 33.1 Å². The summed E-state index contributed by atoms with van der Waals surface area (Å²) in [5, 5.41) is 14.8. The molecule has 0 rings (SSSR count). The van der Waals surface area contributed by atoms with Gasteiger partial charge in [-0.3, -0.25) is 0 Å². The maximum atomic E-state index is 9.10. The van der Waals surface area contributed by atoms with E-state index in [1.165, 1.54) is 0 Å². The van der Waals surface area contributed by atoms with Crippen LogP contribution in [0, 0.1) is 0 Å². The van der Waals surface area contributed by atoms with E-state index in [-0.39, 0.29) is 44.5 Å². The van der Waals surface area contributed by atoms with Crippen molar-refractivity contribution >= 4 is 11.9 Å². The average molecular weight is 240 g/mol. The molecular weight excluding hydrogens is 234 g/mol. The minimum atomic E-state index is -1.82. The molecule has 1 radical (unpaired) electrons. The predicted octanol–water partition coefficient (Wildman–Crippen LogP) is -2.50. The van der Waals surface area contributed by atoms with E-state index < -0.39 is 11.9 Å². The van der Waals surface area contributed by atoms with Gasteiger partial charge in [0, 0.05) is 33.6 Å².